The first-order valence-electron chi connectivity index (χ1n) is 6.29. The molecular weight excluding hydrogens is 276 g/mol. The largest absolute Gasteiger partial charge is 0.507 e. The fraction of sp³-hybridized carbons (Fsp3) is 0.286. The number of aromatic hydroxyl groups is 2. The Balaban J connectivity index is 2.15. The van der Waals surface area contributed by atoms with Crippen LogP contribution in [0.5, 0.6) is 11.5 Å². The summed E-state index contributed by atoms with van der Waals surface area (Å²) in [6.45, 7) is 3.85. The Morgan fingerprint density at radius 1 is 1.40 bits per heavy atom. The molecule has 5 nitrogen and oxygen atoms in total. The fourth-order valence-corrected chi connectivity index (χ4v) is 2.64. The van der Waals surface area contributed by atoms with Crippen LogP contribution >= 0.6 is 11.3 Å². The van der Waals surface area contributed by atoms with Crippen molar-refractivity contribution < 1.29 is 15.0 Å². The van der Waals surface area contributed by atoms with Crippen molar-refractivity contribution >= 4 is 17.2 Å². The molecule has 6 heteroatoms. The number of phenolic OH excluding ortho intramolecular Hbond substituents is 2. The minimum Gasteiger partial charge on any atom is -0.507 e. The van der Waals surface area contributed by atoms with Crippen LogP contribution in [0, 0.1) is 0 Å². The minimum atomic E-state index is -0.527. The predicted octanol–water partition coefficient (Wildman–Crippen LogP) is 2.61. The van der Waals surface area contributed by atoms with Crippen molar-refractivity contribution in [1.82, 2.24) is 10.3 Å². The third-order valence-corrected chi connectivity index (χ3v) is 4.21. The number of hydrogen-bond acceptors (Lipinski definition) is 5. The molecule has 1 heterocycles. The molecule has 0 aliphatic heterocycles. The van der Waals surface area contributed by atoms with Crippen LogP contribution in [0.3, 0.4) is 0 Å². The highest BCUT2D eigenvalue weighted by atomic mass is 32.1. The van der Waals surface area contributed by atoms with Crippen LogP contribution in [0.15, 0.2) is 24.4 Å². The lowest BCUT2D eigenvalue weighted by Crippen LogP contribution is -2.26. The zero-order chi connectivity index (χ0) is 14.7. The van der Waals surface area contributed by atoms with E-state index in [2.05, 4.69) is 10.3 Å². The average Bonchev–Trinajstić information content (AvgIpc) is 2.87. The Morgan fingerprint density at radius 3 is 2.60 bits per heavy atom. The molecule has 0 aliphatic carbocycles. The van der Waals surface area contributed by atoms with Gasteiger partial charge in [0.15, 0.2) is 0 Å². The van der Waals surface area contributed by atoms with Crippen molar-refractivity contribution in [3.63, 3.8) is 0 Å². The second-order valence-corrected chi connectivity index (χ2v) is 5.53. The van der Waals surface area contributed by atoms with Gasteiger partial charge in [-0.2, -0.15) is 0 Å². The highest BCUT2D eigenvalue weighted by Gasteiger charge is 2.19. The van der Waals surface area contributed by atoms with E-state index in [1.807, 2.05) is 13.8 Å². The van der Waals surface area contributed by atoms with Gasteiger partial charge >= 0.3 is 0 Å². The van der Waals surface area contributed by atoms with Crippen molar-refractivity contribution in [2.45, 2.75) is 26.3 Å². The number of aromatic nitrogens is 1. The number of carbonyl (C=O) groups excluding carboxylic acids is 1. The third-order valence-electron chi connectivity index (χ3n) is 2.89. The second kappa shape index (κ2) is 5.92. The SMILES string of the molecule is CCc1cnc(C(C)NC(=O)c2c(O)cccc2O)s1. The number of nitrogens with zero attached hydrogens (tertiary/aromatic N) is 1. The predicted molar refractivity (Wildman–Crippen MR) is 77.1 cm³/mol. The molecule has 20 heavy (non-hydrogen) atoms. The molecule has 0 fully saturated rings. The van der Waals surface area contributed by atoms with Crippen molar-refractivity contribution in [1.29, 1.82) is 0 Å². The molecule has 0 saturated carbocycles. The molecule has 106 valence electrons. The maximum Gasteiger partial charge on any atom is 0.259 e. The maximum atomic E-state index is 12.1. The van der Waals surface area contributed by atoms with Gasteiger partial charge in [0.25, 0.3) is 5.91 Å². The monoisotopic (exact) mass is 292 g/mol. The van der Waals surface area contributed by atoms with E-state index in [1.165, 1.54) is 29.5 Å². The molecule has 0 spiro atoms. The minimum absolute atomic E-state index is 0.119. The lowest BCUT2D eigenvalue weighted by Gasteiger charge is -2.12. The first kappa shape index (κ1) is 14.3. The number of benzene rings is 1. The number of rotatable bonds is 4. The van der Waals surface area contributed by atoms with Gasteiger partial charge in [-0.15, -0.1) is 11.3 Å². The van der Waals surface area contributed by atoms with E-state index in [0.717, 1.165) is 16.3 Å². The van der Waals surface area contributed by atoms with Gasteiger partial charge in [0.2, 0.25) is 0 Å². The van der Waals surface area contributed by atoms with E-state index in [0.29, 0.717) is 0 Å². The Labute approximate surface area is 120 Å². The number of phenols is 2. The molecule has 0 aliphatic rings. The van der Waals surface area contributed by atoms with Crippen LogP contribution in [0.4, 0.5) is 0 Å². The molecular formula is C14H16N2O3S. The van der Waals surface area contributed by atoms with Crippen molar-refractivity contribution in [2.24, 2.45) is 0 Å². The van der Waals surface area contributed by atoms with Gasteiger partial charge in [-0.25, -0.2) is 4.98 Å². The van der Waals surface area contributed by atoms with Crippen LogP contribution in [0.25, 0.3) is 0 Å². The molecule has 1 atom stereocenters. The molecule has 3 N–H and O–H groups in total. The van der Waals surface area contributed by atoms with Gasteiger partial charge in [0.1, 0.15) is 22.1 Å². The molecule has 2 rings (SSSR count). The molecule has 1 amide bonds. The molecule has 1 unspecified atom stereocenters. The Bertz CT molecular complexity index is 604. The lowest BCUT2D eigenvalue weighted by molar-refractivity contribution is 0.0934. The van der Waals surface area contributed by atoms with E-state index < -0.39 is 5.91 Å². The first-order valence-corrected chi connectivity index (χ1v) is 7.11. The summed E-state index contributed by atoms with van der Waals surface area (Å²) >= 11 is 1.54. The average molecular weight is 292 g/mol. The van der Waals surface area contributed by atoms with E-state index in [-0.39, 0.29) is 23.1 Å². The Morgan fingerprint density at radius 2 is 2.05 bits per heavy atom. The van der Waals surface area contributed by atoms with Gasteiger partial charge in [0.05, 0.1) is 6.04 Å². The quantitative estimate of drug-likeness (QED) is 0.809. The van der Waals surface area contributed by atoms with Crippen molar-refractivity contribution in [3.8, 4) is 11.5 Å². The number of aryl methyl sites for hydroxylation is 1. The smallest absolute Gasteiger partial charge is 0.259 e. The number of carbonyl (C=O) groups is 1. The van der Waals surface area contributed by atoms with Crippen LogP contribution in [0.1, 0.15) is 40.1 Å². The van der Waals surface area contributed by atoms with Gasteiger partial charge in [-0.3, -0.25) is 4.79 Å². The van der Waals surface area contributed by atoms with Crippen LogP contribution < -0.4 is 5.32 Å². The van der Waals surface area contributed by atoms with Crippen LogP contribution in [0.2, 0.25) is 0 Å². The molecule has 1 aromatic heterocycles. The number of nitrogens with one attached hydrogen (secondary N) is 1. The van der Waals surface area contributed by atoms with Gasteiger partial charge < -0.3 is 15.5 Å². The van der Waals surface area contributed by atoms with E-state index in [9.17, 15) is 15.0 Å². The van der Waals surface area contributed by atoms with Crippen LogP contribution in [-0.2, 0) is 6.42 Å². The molecule has 0 saturated heterocycles. The summed E-state index contributed by atoms with van der Waals surface area (Å²) in [5.41, 5.74) is -0.119. The van der Waals surface area contributed by atoms with Crippen molar-refractivity contribution in [2.75, 3.05) is 0 Å². The second-order valence-electron chi connectivity index (χ2n) is 4.38. The fourth-order valence-electron chi connectivity index (χ4n) is 1.78. The highest BCUT2D eigenvalue weighted by Crippen LogP contribution is 2.27. The lowest BCUT2D eigenvalue weighted by atomic mass is 10.1. The van der Waals surface area contributed by atoms with Crippen molar-refractivity contribution in [3.05, 3.63) is 39.8 Å². The third kappa shape index (κ3) is 2.91. The standard InChI is InChI=1S/C14H16N2O3S/c1-3-9-7-15-14(20-9)8(2)16-13(19)12-10(17)5-4-6-11(12)18/h4-8,17-18H,3H2,1-2H3,(H,16,19). The number of thiazole rings is 1. The van der Waals surface area contributed by atoms with Crippen LogP contribution in [-0.4, -0.2) is 21.1 Å². The summed E-state index contributed by atoms with van der Waals surface area (Å²) in [6, 6.07) is 3.90. The zero-order valence-electron chi connectivity index (χ0n) is 11.3. The molecule has 0 radical (unpaired) electrons. The van der Waals surface area contributed by atoms with Gasteiger partial charge in [0, 0.05) is 11.1 Å². The number of amides is 1. The Kier molecular flexibility index (Phi) is 4.24. The summed E-state index contributed by atoms with van der Waals surface area (Å²) in [6.07, 6.45) is 2.69. The normalized spacial score (nSPS) is 12.1. The first-order chi connectivity index (χ1) is 9.52. The summed E-state index contributed by atoms with van der Waals surface area (Å²) in [7, 11) is 0. The zero-order valence-corrected chi connectivity index (χ0v) is 12.1. The summed E-state index contributed by atoms with van der Waals surface area (Å²) < 4.78 is 0. The molecule has 0 bridgehead atoms. The van der Waals surface area contributed by atoms with E-state index >= 15 is 0 Å². The van der Waals surface area contributed by atoms with E-state index in [4.69, 9.17) is 0 Å². The summed E-state index contributed by atoms with van der Waals surface area (Å²) in [5, 5.41) is 22.8. The van der Waals surface area contributed by atoms with Gasteiger partial charge in [-0.05, 0) is 25.5 Å². The maximum absolute atomic E-state index is 12.1. The van der Waals surface area contributed by atoms with Gasteiger partial charge in [-0.1, -0.05) is 13.0 Å². The molecule has 2 aromatic rings. The highest BCUT2D eigenvalue weighted by molar-refractivity contribution is 7.11. The summed E-state index contributed by atoms with van der Waals surface area (Å²) in [4.78, 5) is 17.5. The number of hydrogen-bond donors (Lipinski definition) is 3. The Hall–Kier alpha value is -2.08. The topological polar surface area (TPSA) is 82.5 Å². The van der Waals surface area contributed by atoms with E-state index in [1.54, 1.807) is 6.20 Å². The molecule has 1 aromatic carbocycles. The summed E-state index contributed by atoms with van der Waals surface area (Å²) in [5.74, 6) is -1.02.